The maximum absolute atomic E-state index is 15.4. The Labute approximate surface area is 161 Å². The molecular weight excluding hydrogens is 367 g/mol. The van der Waals surface area contributed by atoms with Gasteiger partial charge in [0.2, 0.25) is 0 Å². The molecule has 0 aliphatic carbocycles. The van der Waals surface area contributed by atoms with Gasteiger partial charge in [-0.3, -0.25) is 4.21 Å². The average molecular weight is 393 g/mol. The van der Waals surface area contributed by atoms with Crippen LogP contribution in [0.1, 0.15) is 25.3 Å². The number of nitrogens with one attached hydrogen (secondary N) is 3. The van der Waals surface area contributed by atoms with Crippen LogP contribution >= 0.6 is 0 Å². The Morgan fingerprint density at radius 1 is 1.33 bits per heavy atom. The zero-order valence-electron chi connectivity index (χ0n) is 15.5. The number of carbonyl (C=O) groups excluding carboxylic acids is 1. The van der Waals surface area contributed by atoms with E-state index in [9.17, 15) is 9.00 Å². The molecule has 1 saturated heterocycles. The van der Waals surface area contributed by atoms with Gasteiger partial charge < -0.3 is 21.0 Å². The fourth-order valence-electron chi connectivity index (χ4n) is 3.15. The standard InChI is InChI=1S/C19H25FN4O2S/c1-14-5-3-4-6-17(14)27(26)19(2,20)15-8-11-24(12-9-15)18(25)23-16(13-22)7-10-21/h3-7,10,13,15,21-22H,8-9,11-12H2,1-2H3,(H,23,25)/b16-7+,21-10?,22-13?. The molecule has 8 heteroatoms. The van der Waals surface area contributed by atoms with Gasteiger partial charge in [-0.2, -0.15) is 0 Å². The number of likely N-dealkylation sites (tertiary alicyclic amines) is 1. The van der Waals surface area contributed by atoms with E-state index < -0.39 is 21.7 Å². The van der Waals surface area contributed by atoms with Crippen LogP contribution in [0.4, 0.5) is 9.18 Å². The van der Waals surface area contributed by atoms with E-state index in [2.05, 4.69) is 5.32 Å². The molecule has 0 saturated carbocycles. The molecule has 0 radical (unpaired) electrons. The molecule has 1 aliphatic rings. The maximum Gasteiger partial charge on any atom is 0.321 e. The number of carbonyl (C=O) groups is 1. The van der Waals surface area contributed by atoms with Crippen LogP contribution in [0.5, 0.6) is 0 Å². The van der Waals surface area contributed by atoms with E-state index in [1.165, 1.54) is 13.0 Å². The lowest BCUT2D eigenvalue weighted by molar-refractivity contribution is 0.117. The Morgan fingerprint density at radius 2 is 1.96 bits per heavy atom. The van der Waals surface area contributed by atoms with Crippen LogP contribution in [0.25, 0.3) is 0 Å². The molecule has 0 aromatic heterocycles. The number of piperidine rings is 1. The molecule has 1 aromatic carbocycles. The molecule has 2 unspecified atom stereocenters. The molecule has 2 amide bonds. The fraction of sp³-hybridized carbons (Fsp3) is 0.421. The van der Waals surface area contributed by atoms with Gasteiger partial charge in [0.15, 0.2) is 5.00 Å². The number of alkyl halides is 1. The van der Waals surface area contributed by atoms with Crippen LogP contribution < -0.4 is 5.32 Å². The van der Waals surface area contributed by atoms with Gasteiger partial charge in [0, 0.05) is 36.3 Å². The number of hydrogen-bond acceptors (Lipinski definition) is 4. The Bertz CT molecular complexity index is 771. The van der Waals surface area contributed by atoms with E-state index in [0.29, 0.717) is 30.8 Å². The van der Waals surface area contributed by atoms with Gasteiger partial charge in [-0.15, -0.1) is 0 Å². The Kier molecular flexibility index (Phi) is 7.01. The molecule has 1 aliphatic heterocycles. The molecule has 0 bridgehead atoms. The maximum atomic E-state index is 15.4. The van der Waals surface area contributed by atoms with Gasteiger partial charge in [-0.05, 0) is 44.4 Å². The van der Waals surface area contributed by atoms with Crippen molar-refractivity contribution in [1.82, 2.24) is 10.2 Å². The minimum atomic E-state index is -1.88. The second kappa shape index (κ2) is 9.03. The summed E-state index contributed by atoms with van der Waals surface area (Å²) in [5.41, 5.74) is 1.02. The molecule has 0 spiro atoms. The van der Waals surface area contributed by atoms with E-state index >= 15 is 4.39 Å². The molecule has 2 rings (SSSR count). The predicted octanol–water partition coefficient (Wildman–Crippen LogP) is 3.39. The number of urea groups is 1. The topological polar surface area (TPSA) is 97.1 Å². The van der Waals surface area contributed by atoms with Crippen molar-refractivity contribution in [2.75, 3.05) is 13.1 Å². The Balaban J connectivity index is 2.01. The molecule has 2 atom stereocenters. The van der Waals surface area contributed by atoms with Crippen molar-refractivity contribution in [3.63, 3.8) is 0 Å². The number of nitrogens with zero attached hydrogens (tertiary/aromatic N) is 1. The highest BCUT2D eigenvalue weighted by Crippen LogP contribution is 2.37. The first-order chi connectivity index (χ1) is 12.8. The van der Waals surface area contributed by atoms with Crippen LogP contribution in [0.15, 0.2) is 40.9 Å². The van der Waals surface area contributed by atoms with Gasteiger partial charge >= 0.3 is 6.03 Å². The molecule has 6 nitrogen and oxygen atoms in total. The first-order valence-electron chi connectivity index (χ1n) is 8.74. The number of halogens is 1. The lowest BCUT2D eigenvalue weighted by Crippen LogP contribution is -2.48. The van der Waals surface area contributed by atoms with Crippen molar-refractivity contribution in [1.29, 1.82) is 10.8 Å². The smallest absolute Gasteiger partial charge is 0.321 e. The zero-order valence-corrected chi connectivity index (χ0v) is 16.3. The van der Waals surface area contributed by atoms with Crippen molar-refractivity contribution in [3.05, 3.63) is 41.6 Å². The second-order valence-corrected chi connectivity index (χ2v) is 8.42. The van der Waals surface area contributed by atoms with Gasteiger partial charge in [-0.1, -0.05) is 18.2 Å². The highest BCUT2D eigenvalue weighted by atomic mass is 32.2. The van der Waals surface area contributed by atoms with Crippen LogP contribution in [-0.2, 0) is 10.8 Å². The third kappa shape index (κ3) is 4.88. The number of rotatable bonds is 6. The first kappa shape index (κ1) is 21.0. The third-order valence-electron chi connectivity index (χ3n) is 4.84. The van der Waals surface area contributed by atoms with Crippen molar-refractivity contribution in [2.45, 2.75) is 36.6 Å². The average Bonchev–Trinajstić information content (AvgIpc) is 2.67. The zero-order chi connectivity index (χ0) is 20.0. The largest absolute Gasteiger partial charge is 0.325 e. The van der Waals surface area contributed by atoms with Crippen molar-refractivity contribution in [3.8, 4) is 0 Å². The number of aryl methyl sites for hydroxylation is 1. The van der Waals surface area contributed by atoms with Crippen molar-refractivity contribution in [2.24, 2.45) is 5.92 Å². The Morgan fingerprint density at radius 3 is 2.52 bits per heavy atom. The lowest BCUT2D eigenvalue weighted by Gasteiger charge is -2.37. The van der Waals surface area contributed by atoms with Gasteiger partial charge in [0.25, 0.3) is 0 Å². The Hall–Kier alpha value is -2.35. The van der Waals surface area contributed by atoms with Crippen LogP contribution in [0.3, 0.4) is 0 Å². The van der Waals surface area contributed by atoms with E-state index in [1.54, 1.807) is 17.0 Å². The quantitative estimate of drug-likeness (QED) is 0.647. The second-order valence-electron chi connectivity index (χ2n) is 6.64. The predicted molar refractivity (Wildman–Crippen MR) is 106 cm³/mol. The highest BCUT2D eigenvalue weighted by molar-refractivity contribution is 7.86. The molecule has 27 heavy (non-hydrogen) atoms. The summed E-state index contributed by atoms with van der Waals surface area (Å²) in [5.74, 6) is -0.415. The minimum Gasteiger partial charge on any atom is -0.325 e. The summed E-state index contributed by atoms with van der Waals surface area (Å²) < 4.78 is 28.3. The van der Waals surface area contributed by atoms with Gasteiger partial charge in [-0.25, -0.2) is 9.18 Å². The van der Waals surface area contributed by atoms with E-state index in [0.717, 1.165) is 18.0 Å². The number of amides is 2. The van der Waals surface area contributed by atoms with E-state index in [-0.39, 0.29) is 11.7 Å². The summed E-state index contributed by atoms with van der Waals surface area (Å²) in [4.78, 5) is 14.3. The van der Waals surface area contributed by atoms with E-state index in [1.807, 2.05) is 19.1 Å². The summed E-state index contributed by atoms with van der Waals surface area (Å²) in [5, 5.41) is 14.9. The van der Waals surface area contributed by atoms with Crippen LogP contribution in [0, 0.1) is 23.7 Å². The molecular formula is C19H25FN4O2S. The molecule has 1 aromatic rings. The normalized spacial score (nSPS) is 19.1. The number of allylic oxidation sites excluding steroid dienone is 2. The van der Waals surface area contributed by atoms with Crippen molar-refractivity contribution >= 4 is 29.3 Å². The summed E-state index contributed by atoms with van der Waals surface area (Å²) in [6, 6.07) is 6.72. The summed E-state index contributed by atoms with van der Waals surface area (Å²) in [6.07, 6.45) is 4.07. The van der Waals surface area contributed by atoms with Crippen LogP contribution in [0.2, 0.25) is 0 Å². The minimum absolute atomic E-state index is 0.216. The molecule has 1 fully saturated rings. The van der Waals surface area contributed by atoms with Gasteiger partial charge in [0.1, 0.15) is 0 Å². The van der Waals surface area contributed by atoms with Gasteiger partial charge in [0.05, 0.1) is 16.5 Å². The third-order valence-corrected chi connectivity index (χ3v) is 6.75. The SMILES string of the molecule is Cc1ccccc1S(=O)C(C)(F)C1CCN(C(=O)N/C(C=N)=C/C=N)CC1. The summed E-state index contributed by atoms with van der Waals surface area (Å²) in [6.45, 7) is 3.89. The number of hydrogen-bond donors (Lipinski definition) is 3. The number of benzene rings is 1. The first-order valence-corrected chi connectivity index (χ1v) is 9.89. The monoisotopic (exact) mass is 392 g/mol. The molecule has 3 N–H and O–H groups in total. The lowest BCUT2D eigenvalue weighted by atomic mass is 9.92. The molecule has 146 valence electrons. The summed E-state index contributed by atoms with van der Waals surface area (Å²) >= 11 is 0. The molecule has 1 heterocycles. The van der Waals surface area contributed by atoms with Crippen molar-refractivity contribution < 1.29 is 13.4 Å². The highest BCUT2D eigenvalue weighted by Gasteiger charge is 2.43. The summed E-state index contributed by atoms with van der Waals surface area (Å²) in [7, 11) is -1.79. The van der Waals surface area contributed by atoms with E-state index in [4.69, 9.17) is 10.8 Å². The fourth-order valence-corrected chi connectivity index (χ4v) is 4.68. The van der Waals surface area contributed by atoms with Crippen LogP contribution in [-0.4, -0.2) is 45.7 Å².